The molecule has 4 nitrogen and oxygen atoms in total. The number of hydrogen-bond acceptors (Lipinski definition) is 5. The predicted molar refractivity (Wildman–Crippen MR) is 119 cm³/mol. The molecule has 0 spiro atoms. The lowest BCUT2D eigenvalue weighted by Gasteiger charge is -2.11. The number of carbonyl (C=O) groups excluding carboxylic acids is 1. The molecule has 7 heteroatoms. The molecule has 1 aliphatic rings. The summed E-state index contributed by atoms with van der Waals surface area (Å²) in [4.78, 5) is 14.6. The van der Waals surface area contributed by atoms with Crippen LogP contribution in [0.1, 0.15) is 18.9 Å². The quantitative estimate of drug-likeness (QED) is 0.316. The van der Waals surface area contributed by atoms with Gasteiger partial charge in [0.2, 0.25) is 0 Å². The zero-order valence-electron chi connectivity index (χ0n) is 15.4. The molecule has 28 heavy (non-hydrogen) atoms. The summed E-state index contributed by atoms with van der Waals surface area (Å²) in [7, 11) is 0. The van der Waals surface area contributed by atoms with Crippen LogP contribution in [-0.4, -0.2) is 34.9 Å². The Balaban J connectivity index is 1.55. The van der Waals surface area contributed by atoms with E-state index in [1.54, 1.807) is 17.0 Å². The minimum Gasteiger partial charge on any atom is -0.493 e. The highest BCUT2D eigenvalue weighted by Crippen LogP contribution is 2.34. The van der Waals surface area contributed by atoms with Crippen LogP contribution >= 0.6 is 35.6 Å². The Kier molecular flexibility index (Phi) is 7.36. The first-order valence-electron chi connectivity index (χ1n) is 8.94. The van der Waals surface area contributed by atoms with Gasteiger partial charge in [-0.25, -0.2) is 0 Å². The second-order valence-corrected chi connectivity index (χ2v) is 8.08. The summed E-state index contributed by atoms with van der Waals surface area (Å²) in [5.41, 5.74) is 0.859. The first-order chi connectivity index (χ1) is 13.6. The number of ether oxygens (including phenoxy) is 2. The van der Waals surface area contributed by atoms with E-state index in [9.17, 15) is 4.79 Å². The average molecular weight is 434 g/mol. The van der Waals surface area contributed by atoms with E-state index < -0.39 is 0 Å². The first kappa shape index (κ1) is 20.7. The van der Waals surface area contributed by atoms with E-state index in [1.807, 2.05) is 49.4 Å². The van der Waals surface area contributed by atoms with Crippen molar-refractivity contribution in [3.05, 3.63) is 64.0 Å². The van der Waals surface area contributed by atoms with Crippen LogP contribution < -0.4 is 9.47 Å². The molecule has 2 aromatic rings. The van der Waals surface area contributed by atoms with Crippen molar-refractivity contribution in [1.82, 2.24) is 4.90 Å². The molecule has 0 atom stereocenters. The normalized spacial score (nSPS) is 15.4. The van der Waals surface area contributed by atoms with Crippen molar-refractivity contribution in [2.45, 2.75) is 13.3 Å². The summed E-state index contributed by atoms with van der Waals surface area (Å²) in [6.45, 7) is 3.54. The van der Waals surface area contributed by atoms with Gasteiger partial charge >= 0.3 is 0 Å². The number of thioether (sulfide) groups is 1. The van der Waals surface area contributed by atoms with Gasteiger partial charge < -0.3 is 9.47 Å². The van der Waals surface area contributed by atoms with Gasteiger partial charge in [0, 0.05) is 23.6 Å². The van der Waals surface area contributed by atoms with Crippen LogP contribution in [0.4, 0.5) is 0 Å². The smallest absolute Gasteiger partial charge is 0.266 e. The summed E-state index contributed by atoms with van der Waals surface area (Å²) in [5, 5.41) is 0.683. The first-order valence-corrected chi connectivity index (χ1v) is 10.5. The number of amides is 1. The molecule has 3 rings (SSSR count). The summed E-state index contributed by atoms with van der Waals surface area (Å²) in [6, 6.07) is 14.9. The molecule has 146 valence electrons. The Hall–Kier alpha value is -2.02. The zero-order valence-corrected chi connectivity index (χ0v) is 17.8. The molecule has 0 N–H and O–H groups in total. The predicted octanol–water partition coefficient (Wildman–Crippen LogP) is 5.41. The number of nitrogens with zero attached hydrogens (tertiary/aromatic N) is 1. The monoisotopic (exact) mass is 433 g/mol. The highest BCUT2D eigenvalue weighted by molar-refractivity contribution is 8.26. The third-order valence-electron chi connectivity index (χ3n) is 4.02. The van der Waals surface area contributed by atoms with Gasteiger partial charge in [0.05, 0.1) is 18.1 Å². The fourth-order valence-electron chi connectivity index (χ4n) is 2.61. The van der Waals surface area contributed by atoms with Crippen molar-refractivity contribution in [2.24, 2.45) is 0 Å². The fraction of sp³-hybridized carbons (Fsp3) is 0.238. The summed E-state index contributed by atoms with van der Waals surface area (Å²) in [6.07, 6.45) is 2.57. The molecule has 1 heterocycles. The van der Waals surface area contributed by atoms with Crippen molar-refractivity contribution in [1.29, 1.82) is 0 Å². The van der Waals surface area contributed by atoms with Gasteiger partial charge in [-0.1, -0.05) is 53.8 Å². The number of para-hydroxylation sites is 1. The molecular weight excluding hydrogens is 414 g/mol. The maximum absolute atomic E-state index is 12.4. The van der Waals surface area contributed by atoms with E-state index in [0.29, 0.717) is 34.0 Å². The van der Waals surface area contributed by atoms with E-state index in [-0.39, 0.29) is 5.91 Å². The molecule has 0 aliphatic carbocycles. The number of rotatable bonds is 8. The SMILES string of the molecule is CCN1C(=O)C(=Cc2ccccc2OCCCOc2ccc(Cl)cc2)SC1=S. The Bertz CT molecular complexity index is 883. The Morgan fingerprint density at radius 1 is 1.11 bits per heavy atom. The van der Waals surface area contributed by atoms with Crippen LogP contribution in [-0.2, 0) is 4.79 Å². The van der Waals surface area contributed by atoms with Gasteiger partial charge in [0.25, 0.3) is 5.91 Å². The lowest BCUT2D eigenvalue weighted by Crippen LogP contribution is -2.27. The van der Waals surface area contributed by atoms with Crippen LogP contribution in [0, 0.1) is 0 Å². The minimum atomic E-state index is -0.0522. The molecule has 1 amide bonds. The van der Waals surface area contributed by atoms with Crippen LogP contribution in [0.2, 0.25) is 5.02 Å². The number of carbonyl (C=O) groups is 1. The Morgan fingerprint density at radius 3 is 2.54 bits per heavy atom. The largest absolute Gasteiger partial charge is 0.493 e. The molecule has 1 saturated heterocycles. The van der Waals surface area contributed by atoms with E-state index in [2.05, 4.69) is 0 Å². The van der Waals surface area contributed by atoms with Crippen molar-refractivity contribution >= 4 is 51.9 Å². The molecular formula is C21H20ClNO3S2. The maximum atomic E-state index is 12.4. The lowest BCUT2D eigenvalue weighted by atomic mass is 10.2. The molecule has 1 aliphatic heterocycles. The van der Waals surface area contributed by atoms with Gasteiger partial charge in [-0.2, -0.15) is 0 Å². The molecule has 0 unspecified atom stereocenters. The minimum absolute atomic E-state index is 0.0522. The van der Waals surface area contributed by atoms with Gasteiger partial charge in [0.1, 0.15) is 15.8 Å². The third-order valence-corrected chi connectivity index (χ3v) is 5.65. The topological polar surface area (TPSA) is 38.8 Å². The van der Waals surface area contributed by atoms with E-state index >= 15 is 0 Å². The Labute approximate surface area is 179 Å². The summed E-state index contributed by atoms with van der Waals surface area (Å²) in [5.74, 6) is 1.46. The van der Waals surface area contributed by atoms with Crippen molar-refractivity contribution in [3.63, 3.8) is 0 Å². The molecule has 2 aromatic carbocycles. The van der Waals surface area contributed by atoms with Gasteiger partial charge in [-0.15, -0.1) is 0 Å². The highest BCUT2D eigenvalue weighted by Gasteiger charge is 2.30. The lowest BCUT2D eigenvalue weighted by molar-refractivity contribution is -0.121. The number of hydrogen-bond donors (Lipinski definition) is 0. The molecule has 0 saturated carbocycles. The highest BCUT2D eigenvalue weighted by atomic mass is 35.5. The van der Waals surface area contributed by atoms with Crippen LogP contribution in [0.15, 0.2) is 53.4 Å². The molecule has 0 aromatic heterocycles. The van der Waals surface area contributed by atoms with E-state index in [4.69, 9.17) is 33.3 Å². The second kappa shape index (κ2) is 9.96. The number of thiocarbonyl (C=S) groups is 1. The standard InChI is InChI=1S/C21H20ClNO3S2/c1-2-23-20(24)19(28-21(23)27)14-15-6-3-4-7-18(15)26-13-5-12-25-17-10-8-16(22)9-11-17/h3-4,6-11,14H,2,5,12-13H2,1H3. The number of halogens is 1. The number of likely N-dealkylation sites (N-methyl/N-ethyl adjacent to an activating group) is 1. The van der Waals surface area contributed by atoms with Gasteiger partial charge in [0.15, 0.2) is 0 Å². The second-order valence-electron chi connectivity index (χ2n) is 5.97. The Morgan fingerprint density at radius 2 is 1.82 bits per heavy atom. The fourth-order valence-corrected chi connectivity index (χ4v) is 4.11. The maximum Gasteiger partial charge on any atom is 0.266 e. The van der Waals surface area contributed by atoms with Crippen LogP contribution in [0.3, 0.4) is 0 Å². The van der Waals surface area contributed by atoms with Crippen LogP contribution in [0.5, 0.6) is 11.5 Å². The number of benzene rings is 2. The summed E-state index contributed by atoms with van der Waals surface area (Å²) < 4.78 is 12.2. The van der Waals surface area contributed by atoms with Gasteiger partial charge in [-0.3, -0.25) is 9.69 Å². The van der Waals surface area contributed by atoms with Crippen LogP contribution in [0.25, 0.3) is 6.08 Å². The molecule has 0 radical (unpaired) electrons. The van der Waals surface area contributed by atoms with Gasteiger partial charge in [-0.05, 0) is 43.3 Å². The van der Waals surface area contributed by atoms with Crippen molar-refractivity contribution < 1.29 is 14.3 Å². The van der Waals surface area contributed by atoms with Crippen molar-refractivity contribution in [3.8, 4) is 11.5 Å². The molecule has 0 bridgehead atoms. The molecule has 1 fully saturated rings. The van der Waals surface area contributed by atoms with E-state index in [1.165, 1.54) is 11.8 Å². The average Bonchev–Trinajstić information content (AvgIpc) is 2.96. The van der Waals surface area contributed by atoms with E-state index in [0.717, 1.165) is 23.5 Å². The van der Waals surface area contributed by atoms with Crippen molar-refractivity contribution in [2.75, 3.05) is 19.8 Å². The summed E-state index contributed by atoms with van der Waals surface area (Å²) >= 11 is 12.4. The third kappa shape index (κ3) is 5.28. The zero-order chi connectivity index (χ0) is 19.9.